The molecule has 0 saturated carbocycles. The second-order valence-electron chi connectivity index (χ2n) is 7.47. The Morgan fingerprint density at radius 1 is 0.969 bits per heavy atom. The van der Waals surface area contributed by atoms with Crippen molar-refractivity contribution in [3.05, 3.63) is 54.1 Å². The number of rotatable bonds is 10. The van der Waals surface area contributed by atoms with Crippen LogP contribution in [0.4, 0.5) is 16.2 Å². The Morgan fingerprint density at radius 3 is 2.19 bits per heavy atom. The molecular weight excluding hydrogens is 434 g/mol. The lowest BCUT2D eigenvalue weighted by atomic mass is 10.2. The van der Waals surface area contributed by atoms with Gasteiger partial charge in [-0.25, -0.2) is 17.9 Å². The maximum atomic E-state index is 12.3. The van der Waals surface area contributed by atoms with Gasteiger partial charge in [0.25, 0.3) is 0 Å². The van der Waals surface area contributed by atoms with Gasteiger partial charge in [0.2, 0.25) is 15.9 Å². The van der Waals surface area contributed by atoms with Crippen LogP contribution in [0.25, 0.3) is 0 Å². The molecule has 3 N–H and O–H groups in total. The lowest BCUT2D eigenvalue weighted by molar-refractivity contribution is -0.116. The SMILES string of the molecule is CC(=O)c1ccc(S(=O)(=O)NCCC(=O)Nc2cccc(NC(=O)OCC(C)C)c2)cc1. The summed E-state index contributed by atoms with van der Waals surface area (Å²) in [4.78, 5) is 35.2. The van der Waals surface area contributed by atoms with Gasteiger partial charge in [0.15, 0.2) is 5.78 Å². The summed E-state index contributed by atoms with van der Waals surface area (Å²) >= 11 is 0. The van der Waals surface area contributed by atoms with Crippen LogP contribution in [0.3, 0.4) is 0 Å². The number of nitrogens with one attached hydrogen (secondary N) is 3. The zero-order valence-corrected chi connectivity index (χ0v) is 19.0. The highest BCUT2D eigenvalue weighted by Crippen LogP contribution is 2.16. The van der Waals surface area contributed by atoms with Crippen molar-refractivity contribution in [2.75, 3.05) is 23.8 Å². The molecule has 2 rings (SSSR count). The minimum Gasteiger partial charge on any atom is -0.449 e. The van der Waals surface area contributed by atoms with Gasteiger partial charge in [-0.1, -0.05) is 32.0 Å². The first-order valence-corrected chi connectivity index (χ1v) is 11.5. The lowest BCUT2D eigenvalue weighted by Crippen LogP contribution is -2.27. The number of carbonyl (C=O) groups excluding carboxylic acids is 3. The van der Waals surface area contributed by atoms with Gasteiger partial charge < -0.3 is 10.1 Å². The molecule has 32 heavy (non-hydrogen) atoms. The number of ether oxygens (including phenoxy) is 1. The maximum Gasteiger partial charge on any atom is 0.411 e. The van der Waals surface area contributed by atoms with Crippen molar-refractivity contribution in [2.24, 2.45) is 5.92 Å². The number of ketones is 1. The van der Waals surface area contributed by atoms with Crippen LogP contribution in [0, 0.1) is 5.92 Å². The summed E-state index contributed by atoms with van der Waals surface area (Å²) in [6, 6.07) is 12.1. The van der Waals surface area contributed by atoms with E-state index in [1.807, 2.05) is 13.8 Å². The molecule has 2 amide bonds. The Morgan fingerprint density at radius 2 is 1.59 bits per heavy atom. The van der Waals surface area contributed by atoms with Gasteiger partial charge in [0.05, 0.1) is 11.5 Å². The van der Waals surface area contributed by atoms with Crippen LogP contribution < -0.4 is 15.4 Å². The molecule has 0 radical (unpaired) electrons. The zero-order valence-electron chi connectivity index (χ0n) is 18.2. The number of benzene rings is 2. The monoisotopic (exact) mass is 461 g/mol. The van der Waals surface area contributed by atoms with Crippen molar-refractivity contribution in [1.82, 2.24) is 4.72 Å². The number of Topliss-reactive ketones (excluding diaryl/α,β-unsaturated/α-hetero) is 1. The molecule has 0 aliphatic heterocycles. The van der Waals surface area contributed by atoms with Crippen molar-refractivity contribution >= 4 is 39.2 Å². The Kier molecular flexibility index (Phi) is 8.91. The largest absolute Gasteiger partial charge is 0.449 e. The normalized spacial score (nSPS) is 11.1. The molecule has 0 aliphatic carbocycles. The smallest absolute Gasteiger partial charge is 0.411 e. The molecule has 2 aromatic rings. The molecule has 0 saturated heterocycles. The summed E-state index contributed by atoms with van der Waals surface area (Å²) in [5, 5.41) is 5.23. The summed E-state index contributed by atoms with van der Waals surface area (Å²) in [5.74, 6) is -0.354. The first kappa shape index (κ1) is 25.0. The molecule has 0 atom stereocenters. The fourth-order valence-electron chi connectivity index (χ4n) is 2.55. The van der Waals surface area contributed by atoms with Crippen LogP contribution in [-0.2, 0) is 19.6 Å². The van der Waals surface area contributed by atoms with E-state index in [-0.39, 0.29) is 29.6 Å². The van der Waals surface area contributed by atoms with Crippen molar-refractivity contribution in [1.29, 1.82) is 0 Å². The Balaban J connectivity index is 1.85. The summed E-state index contributed by atoms with van der Waals surface area (Å²) in [5.41, 5.74) is 1.30. The standard InChI is InChI=1S/C22H27N3O6S/c1-15(2)14-31-22(28)25-19-6-4-5-18(13-19)24-21(27)11-12-23-32(29,30)20-9-7-17(8-10-20)16(3)26/h4-10,13,15,23H,11-12,14H2,1-3H3,(H,24,27)(H,25,28). The van der Waals surface area contributed by atoms with Gasteiger partial charge in [0.1, 0.15) is 0 Å². The molecule has 0 heterocycles. The predicted molar refractivity (Wildman–Crippen MR) is 121 cm³/mol. The molecule has 0 fully saturated rings. The summed E-state index contributed by atoms with van der Waals surface area (Å²) < 4.78 is 32.0. The van der Waals surface area contributed by atoms with E-state index in [4.69, 9.17) is 4.74 Å². The second-order valence-corrected chi connectivity index (χ2v) is 9.24. The zero-order chi connectivity index (χ0) is 23.7. The van der Waals surface area contributed by atoms with E-state index in [1.54, 1.807) is 24.3 Å². The van der Waals surface area contributed by atoms with E-state index in [1.165, 1.54) is 31.2 Å². The minimum atomic E-state index is -3.81. The third-order valence-electron chi connectivity index (χ3n) is 4.16. The van der Waals surface area contributed by atoms with Crippen LogP contribution in [0.2, 0.25) is 0 Å². The van der Waals surface area contributed by atoms with Gasteiger partial charge in [-0.15, -0.1) is 0 Å². The number of hydrogen-bond donors (Lipinski definition) is 3. The summed E-state index contributed by atoms with van der Waals surface area (Å²) in [6.45, 7) is 5.42. The van der Waals surface area contributed by atoms with Crippen LogP contribution in [-0.4, -0.2) is 39.4 Å². The molecule has 2 aromatic carbocycles. The predicted octanol–water partition coefficient (Wildman–Crippen LogP) is 3.40. The maximum absolute atomic E-state index is 12.3. The molecule has 0 bridgehead atoms. The highest BCUT2D eigenvalue weighted by Gasteiger charge is 2.15. The minimum absolute atomic E-state index is 0.00559. The fraction of sp³-hybridized carbons (Fsp3) is 0.318. The van der Waals surface area contributed by atoms with Gasteiger partial charge in [-0.3, -0.25) is 14.9 Å². The van der Waals surface area contributed by atoms with Crippen molar-refractivity contribution in [3.8, 4) is 0 Å². The Hall–Kier alpha value is -3.24. The quantitative estimate of drug-likeness (QED) is 0.465. The summed E-state index contributed by atoms with van der Waals surface area (Å²) in [7, 11) is -3.81. The van der Waals surface area contributed by atoms with E-state index < -0.39 is 22.0 Å². The van der Waals surface area contributed by atoms with Crippen LogP contribution in [0.1, 0.15) is 37.6 Å². The molecule has 9 nitrogen and oxygen atoms in total. The van der Waals surface area contributed by atoms with Gasteiger partial charge >= 0.3 is 6.09 Å². The average Bonchev–Trinajstić information content (AvgIpc) is 2.72. The second kappa shape index (κ2) is 11.4. The topological polar surface area (TPSA) is 131 Å². The molecule has 10 heteroatoms. The highest BCUT2D eigenvalue weighted by molar-refractivity contribution is 7.89. The molecular formula is C22H27N3O6S. The number of amides is 2. The van der Waals surface area contributed by atoms with Crippen LogP contribution in [0.15, 0.2) is 53.4 Å². The van der Waals surface area contributed by atoms with Crippen molar-refractivity contribution in [3.63, 3.8) is 0 Å². The third kappa shape index (κ3) is 8.12. The van der Waals surface area contributed by atoms with Gasteiger partial charge in [0, 0.05) is 29.9 Å². The Labute approximate surface area is 187 Å². The first-order chi connectivity index (χ1) is 15.1. The molecule has 0 spiro atoms. The number of sulfonamides is 1. The van der Waals surface area contributed by atoms with E-state index in [2.05, 4.69) is 15.4 Å². The first-order valence-electron chi connectivity index (χ1n) is 10.0. The van der Waals surface area contributed by atoms with Crippen LogP contribution in [0.5, 0.6) is 0 Å². The molecule has 0 unspecified atom stereocenters. The summed E-state index contributed by atoms with van der Waals surface area (Å²) in [6.07, 6.45) is -0.688. The molecule has 0 aromatic heterocycles. The van der Waals surface area contributed by atoms with E-state index in [0.29, 0.717) is 23.5 Å². The lowest BCUT2D eigenvalue weighted by Gasteiger charge is -2.11. The highest BCUT2D eigenvalue weighted by atomic mass is 32.2. The number of hydrogen-bond acceptors (Lipinski definition) is 6. The van der Waals surface area contributed by atoms with Crippen molar-refractivity contribution < 1.29 is 27.5 Å². The molecule has 0 aliphatic rings. The number of anilines is 2. The Bertz CT molecular complexity index is 1070. The van der Waals surface area contributed by atoms with Crippen molar-refractivity contribution in [2.45, 2.75) is 32.1 Å². The van der Waals surface area contributed by atoms with E-state index in [0.717, 1.165) is 0 Å². The third-order valence-corrected chi connectivity index (χ3v) is 5.63. The average molecular weight is 462 g/mol. The van der Waals surface area contributed by atoms with Gasteiger partial charge in [-0.2, -0.15) is 0 Å². The van der Waals surface area contributed by atoms with E-state index in [9.17, 15) is 22.8 Å². The fourth-order valence-corrected chi connectivity index (χ4v) is 3.58. The van der Waals surface area contributed by atoms with E-state index >= 15 is 0 Å². The van der Waals surface area contributed by atoms with Gasteiger partial charge in [-0.05, 0) is 43.2 Å². The number of carbonyl (C=O) groups is 3. The van der Waals surface area contributed by atoms with Crippen LogP contribution >= 0.6 is 0 Å². The molecule has 172 valence electrons.